The number of hydrogen-bond donors (Lipinski definition) is 2. The largest absolute Gasteiger partial charge is 0.345 e. The minimum atomic E-state index is -0.477. The second-order valence-corrected chi connectivity index (χ2v) is 5.51. The molecule has 0 aliphatic heterocycles. The van der Waals surface area contributed by atoms with Gasteiger partial charge < -0.3 is 11.1 Å². The highest BCUT2D eigenvalue weighted by Gasteiger charge is 2.37. The summed E-state index contributed by atoms with van der Waals surface area (Å²) in [6, 6.07) is 7.25. The molecular weight excluding hydrogens is 248 g/mol. The van der Waals surface area contributed by atoms with Gasteiger partial charge in [-0.15, -0.1) is 0 Å². The average molecular weight is 267 g/mol. The van der Waals surface area contributed by atoms with E-state index in [0.717, 1.165) is 31.2 Å². The van der Waals surface area contributed by atoms with E-state index in [1.807, 2.05) is 24.3 Å². The van der Waals surface area contributed by atoms with E-state index in [-0.39, 0.29) is 11.4 Å². The topological polar surface area (TPSA) is 55.1 Å². The molecule has 0 aromatic heterocycles. The van der Waals surface area contributed by atoms with Crippen LogP contribution in [0.3, 0.4) is 0 Å². The van der Waals surface area contributed by atoms with Crippen molar-refractivity contribution in [2.45, 2.75) is 44.2 Å². The van der Waals surface area contributed by atoms with E-state index >= 15 is 0 Å². The number of amides is 1. The lowest BCUT2D eigenvalue weighted by molar-refractivity contribution is -0.124. The minimum absolute atomic E-state index is 0.0909. The Morgan fingerprint density at radius 3 is 2.39 bits per heavy atom. The highest BCUT2D eigenvalue weighted by atomic mass is 35.5. The summed E-state index contributed by atoms with van der Waals surface area (Å²) in [5.74, 6) is -0.0909. The van der Waals surface area contributed by atoms with Gasteiger partial charge in [0.2, 0.25) is 5.91 Å². The first-order valence-electron chi connectivity index (χ1n) is 6.37. The predicted octanol–water partition coefficient (Wildman–Crippen LogP) is 2.57. The number of carbonyl (C=O) groups excluding carboxylic acids is 1. The molecule has 0 bridgehead atoms. The zero-order chi connectivity index (χ0) is 13.2. The zero-order valence-electron chi connectivity index (χ0n) is 10.6. The molecule has 4 heteroatoms. The molecule has 98 valence electrons. The Bertz CT molecular complexity index is 422. The number of hydrogen-bond acceptors (Lipinski definition) is 2. The van der Waals surface area contributed by atoms with Crippen molar-refractivity contribution < 1.29 is 4.79 Å². The van der Waals surface area contributed by atoms with Gasteiger partial charge in [-0.25, -0.2) is 0 Å². The van der Waals surface area contributed by atoms with Crippen LogP contribution in [0.5, 0.6) is 0 Å². The van der Waals surface area contributed by atoms with Crippen LogP contribution in [0.4, 0.5) is 0 Å². The average Bonchev–Trinajstić information content (AvgIpc) is 2.79. The Labute approximate surface area is 113 Å². The molecule has 0 heterocycles. The molecule has 0 unspecified atom stereocenters. The summed E-state index contributed by atoms with van der Waals surface area (Å²) >= 11 is 5.91. The molecule has 1 aliphatic rings. The highest BCUT2D eigenvalue weighted by molar-refractivity contribution is 6.30. The minimum Gasteiger partial charge on any atom is -0.345 e. The zero-order valence-corrected chi connectivity index (χ0v) is 11.3. The van der Waals surface area contributed by atoms with Gasteiger partial charge in [0, 0.05) is 5.02 Å². The molecule has 1 aromatic carbocycles. The lowest BCUT2D eigenvalue weighted by Crippen LogP contribution is -2.49. The summed E-state index contributed by atoms with van der Waals surface area (Å²) in [6.45, 7) is 1.71. The summed E-state index contributed by atoms with van der Waals surface area (Å²) in [6.07, 6.45) is 4.18. The molecule has 2 rings (SSSR count). The fourth-order valence-electron chi connectivity index (χ4n) is 2.58. The van der Waals surface area contributed by atoms with Crippen LogP contribution < -0.4 is 11.1 Å². The lowest BCUT2D eigenvalue weighted by atomic mass is 9.88. The first-order valence-corrected chi connectivity index (χ1v) is 6.75. The van der Waals surface area contributed by atoms with Crippen LogP contribution in [0.2, 0.25) is 5.02 Å². The maximum absolute atomic E-state index is 11.9. The van der Waals surface area contributed by atoms with Crippen LogP contribution in [0.15, 0.2) is 24.3 Å². The van der Waals surface area contributed by atoms with E-state index in [1.54, 1.807) is 6.92 Å². The fraction of sp³-hybridized carbons (Fsp3) is 0.500. The van der Waals surface area contributed by atoms with Gasteiger partial charge >= 0.3 is 0 Å². The molecule has 0 radical (unpaired) electrons. The van der Waals surface area contributed by atoms with Gasteiger partial charge in [-0.3, -0.25) is 4.79 Å². The van der Waals surface area contributed by atoms with E-state index < -0.39 is 6.04 Å². The van der Waals surface area contributed by atoms with Gasteiger partial charge in [0.1, 0.15) is 0 Å². The Hall–Kier alpha value is -1.06. The highest BCUT2D eigenvalue weighted by Crippen LogP contribution is 2.39. The maximum Gasteiger partial charge on any atom is 0.237 e. The van der Waals surface area contributed by atoms with Crippen molar-refractivity contribution in [1.29, 1.82) is 0 Å². The third-order valence-electron chi connectivity index (χ3n) is 3.63. The number of nitrogens with two attached hydrogens (primary N) is 1. The number of nitrogens with one attached hydrogen (secondary N) is 1. The van der Waals surface area contributed by atoms with E-state index in [1.165, 1.54) is 0 Å². The van der Waals surface area contributed by atoms with Crippen molar-refractivity contribution in [2.24, 2.45) is 5.73 Å². The summed E-state index contributed by atoms with van der Waals surface area (Å²) in [5, 5.41) is 3.83. The van der Waals surface area contributed by atoms with Crippen LogP contribution in [0.1, 0.15) is 38.2 Å². The second-order valence-electron chi connectivity index (χ2n) is 5.07. The SMILES string of the molecule is C[C@H](N)C(=O)NC1(c2ccc(Cl)cc2)CCCC1. The van der Waals surface area contributed by atoms with E-state index in [4.69, 9.17) is 17.3 Å². The van der Waals surface area contributed by atoms with Crippen molar-refractivity contribution in [1.82, 2.24) is 5.32 Å². The van der Waals surface area contributed by atoms with Gasteiger partial charge in [0.25, 0.3) is 0 Å². The molecule has 3 nitrogen and oxygen atoms in total. The van der Waals surface area contributed by atoms with Crippen LogP contribution in [-0.2, 0) is 10.3 Å². The van der Waals surface area contributed by atoms with Crippen LogP contribution in [0, 0.1) is 0 Å². The second kappa shape index (κ2) is 5.29. The molecule has 1 saturated carbocycles. The number of benzene rings is 1. The van der Waals surface area contributed by atoms with Crippen molar-refractivity contribution in [2.75, 3.05) is 0 Å². The first-order chi connectivity index (χ1) is 8.53. The molecule has 0 saturated heterocycles. The van der Waals surface area contributed by atoms with Gasteiger partial charge in [0.05, 0.1) is 11.6 Å². The van der Waals surface area contributed by atoms with Crippen LogP contribution >= 0.6 is 11.6 Å². The summed E-state index contributed by atoms with van der Waals surface area (Å²) < 4.78 is 0. The molecule has 1 aromatic rings. The number of carbonyl (C=O) groups is 1. The van der Waals surface area contributed by atoms with E-state index in [0.29, 0.717) is 5.02 Å². The molecular formula is C14H19ClN2O. The third kappa shape index (κ3) is 2.68. The summed E-state index contributed by atoms with van der Waals surface area (Å²) in [7, 11) is 0. The smallest absolute Gasteiger partial charge is 0.237 e. The Morgan fingerprint density at radius 2 is 1.89 bits per heavy atom. The van der Waals surface area contributed by atoms with Crippen molar-refractivity contribution in [3.63, 3.8) is 0 Å². The van der Waals surface area contributed by atoms with Crippen molar-refractivity contribution in [3.8, 4) is 0 Å². The number of halogens is 1. The van der Waals surface area contributed by atoms with E-state index in [2.05, 4.69) is 5.32 Å². The van der Waals surface area contributed by atoms with Gasteiger partial charge in [0.15, 0.2) is 0 Å². The van der Waals surface area contributed by atoms with Gasteiger partial charge in [-0.1, -0.05) is 36.6 Å². The predicted molar refractivity (Wildman–Crippen MR) is 73.4 cm³/mol. The Balaban J connectivity index is 2.26. The monoisotopic (exact) mass is 266 g/mol. The summed E-state index contributed by atoms with van der Waals surface area (Å²) in [5.41, 5.74) is 6.51. The van der Waals surface area contributed by atoms with E-state index in [9.17, 15) is 4.79 Å². The fourth-order valence-corrected chi connectivity index (χ4v) is 2.71. The quantitative estimate of drug-likeness (QED) is 0.884. The van der Waals surface area contributed by atoms with Crippen LogP contribution in [0.25, 0.3) is 0 Å². The Morgan fingerprint density at radius 1 is 1.33 bits per heavy atom. The molecule has 18 heavy (non-hydrogen) atoms. The molecule has 1 amide bonds. The van der Waals surface area contributed by atoms with Gasteiger partial charge in [-0.2, -0.15) is 0 Å². The lowest BCUT2D eigenvalue weighted by Gasteiger charge is -2.32. The molecule has 3 N–H and O–H groups in total. The third-order valence-corrected chi connectivity index (χ3v) is 3.88. The maximum atomic E-state index is 11.9. The molecule has 0 spiro atoms. The normalized spacial score (nSPS) is 19.5. The Kier molecular flexibility index (Phi) is 3.93. The van der Waals surface area contributed by atoms with Crippen molar-refractivity contribution >= 4 is 17.5 Å². The molecule has 1 aliphatic carbocycles. The number of rotatable bonds is 3. The van der Waals surface area contributed by atoms with Crippen LogP contribution in [-0.4, -0.2) is 11.9 Å². The van der Waals surface area contributed by atoms with Crippen molar-refractivity contribution in [3.05, 3.63) is 34.9 Å². The van der Waals surface area contributed by atoms with Gasteiger partial charge in [-0.05, 0) is 37.5 Å². The standard InChI is InChI=1S/C14H19ClN2O/c1-10(16)13(18)17-14(8-2-3-9-14)11-4-6-12(15)7-5-11/h4-7,10H,2-3,8-9,16H2,1H3,(H,17,18)/t10-/m0/s1. The first kappa shape index (κ1) is 13.4. The summed E-state index contributed by atoms with van der Waals surface area (Å²) in [4.78, 5) is 11.9. The molecule has 1 atom stereocenters. The molecule has 1 fully saturated rings.